The van der Waals surface area contributed by atoms with Crippen molar-refractivity contribution >= 4 is 15.9 Å². The minimum Gasteiger partial charge on any atom is -0.493 e. The van der Waals surface area contributed by atoms with Crippen LogP contribution in [0.5, 0.6) is 5.75 Å². The molecule has 1 aromatic rings. The first-order valence-corrected chi connectivity index (χ1v) is 6.69. The largest absolute Gasteiger partial charge is 0.493 e. The van der Waals surface area contributed by atoms with Crippen LogP contribution in [0, 0.1) is 0 Å². The van der Waals surface area contributed by atoms with Crippen molar-refractivity contribution in [1.82, 2.24) is 0 Å². The fourth-order valence-electron chi connectivity index (χ4n) is 1.31. The number of hydrogen-bond acceptors (Lipinski definition) is 4. The van der Waals surface area contributed by atoms with E-state index in [1.807, 2.05) is 0 Å². The number of hydrogen-bond donors (Lipinski definition) is 1. The van der Waals surface area contributed by atoms with Crippen LogP contribution in [0.4, 0.5) is 0 Å². The highest BCUT2D eigenvalue weighted by molar-refractivity contribution is 7.85. The van der Waals surface area contributed by atoms with Gasteiger partial charge in [0.2, 0.25) is 0 Å². The topological polar surface area (TPSA) is 80.7 Å². The molecule has 1 rings (SSSR count). The monoisotopic (exact) mass is 258 g/mol. The Hall–Kier alpha value is -1.40. The summed E-state index contributed by atoms with van der Waals surface area (Å²) >= 11 is 0. The highest BCUT2D eigenvalue weighted by Crippen LogP contribution is 2.18. The van der Waals surface area contributed by atoms with Gasteiger partial charge in [-0.25, -0.2) is 0 Å². The van der Waals surface area contributed by atoms with Crippen LogP contribution in [0.15, 0.2) is 24.3 Å². The molecule has 0 saturated carbocycles. The first-order chi connectivity index (χ1) is 7.90. The van der Waals surface area contributed by atoms with Gasteiger partial charge in [-0.05, 0) is 25.5 Å². The van der Waals surface area contributed by atoms with Crippen LogP contribution in [-0.2, 0) is 10.1 Å². The van der Waals surface area contributed by atoms with E-state index < -0.39 is 10.1 Å². The zero-order valence-electron chi connectivity index (χ0n) is 9.42. The lowest BCUT2D eigenvalue weighted by atomic mass is 10.1. The molecular weight excluding hydrogens is 244 g/mol. The van der Waals surface area contributed by atoms with Gasteiger partial charge in [0.05, 0.1) is 17.9 Å². The SMILES string of the molecule is CC(=O)c1ccccc1OCCCS(=O)(=O)O. The molecule has 0 atom stereocenters. The Morgan fingerprint density at radius 1 is 1.35 bits per heavy atom. The Morgan fingerprint density at radius 3 is 2.59 bits per heavy atom. The van der Waals surface area contributed by atoms with Crippen molar-refractivity contribution in [3.05, 3.63) is 29.8 Å². The summed E-state index contributed by atoms with van der Waals surface area (Å²) in [5.74, 6) is -0.0411. The molecule has 5 nitrogen and oxygen atoms in total. The number of ketones is 1. The Morgan fingerprint density at radius 2 is 2.00 bits per heavy atom. The Bertz CT molecular complexity index is 492. The van der Waals surface area contributed by atoms with E-state index in [4.69, 9.17) is 9.29 Å². The van der Waals surface area contributed by atoms with Crippen molar-refractivity contribution in [2.75, 3.05) is 12.4 Å². The quantitative estimate of drug-likeness (QED) is 0.475. The summed E-state index contributed by atoms with van der Waals surface area (Å²) in [7, 11) is -3.95. The summed E-state index contributed by atoms with van der Waals surface area (Å²) in [6.45, 7) is 1.56. The molecule has 0 aromatic heterocycles. The number of para-hydroxylation sites is 1. The molecule has 17 heavy (non-hydrogen) atoms. The smallest absolute Gasteiger partial charge is 0.264 e. The summed E-state index contributed by atoms with van der Waals surface area (Å²) < 4.78 is 34.7. The van der Waals surface area contributed by atoms with Crippen LogP contribution in [0.1, 0.15) is 23.7 Å². The second-order valence-electron chi connectivity index (χ2n) is 3.54. The Balaban J connectivity index is 2.55. The third-order valence-corrected chi connectivity index (χ3v) is 2.88. The lowest BCUT2D eigenvalue weighted by Crippen LogP contribution is -2.09. The maximum absolute atomic E-state index is 11.2. The number of Topliss-reactive ketones (excluding diaryl/α,β-unsaturated/α-hetero) is 1. The third-order valence-electron chi connectivity index (χ3n) is 2.07. The predicted molar refractivity (Wildman–Crippen MR) is 63.0 cm³/mol. The van der Waals surface area contributed by atoms with Gasteiger partial charge in [-0.2, -0.15) is 8.42 Å². The van der Waals surface area contributed by atoms with Gasteiger partial charge in [-0.3, -0.25) is 9.35 Å². The van der Waals surface area contributed by atoms with E-state index in [-0.39, 0.29) is 24.6 Å². The van der Waals surface area contributed by atoms with Crippen LogP contribution in [0.2, 0.25) is 0 Å². The average Bonchev–Trinajstić information content (AvgIpc) is 2.23. The molecule has 0 saturated heterocycles. The van der Waals surface area contributed by atoms with Gasteiger partial charge in [-0.15, -0.1) is 0 Å². The molecule has 0 amide bonds. The van der Waals surface area contributed by atoms with Crippen molar-refractivity contribution in [2.45, 2.75) is 13.3 Å². The van der Waals surface area contributed by atoms with Crippen LogP contribution < -0.4 is 4.74 Å². The lowest BCUT2D eigenvalue weighted by Gasteiger charge is -2.08. The maximum Gasteiger partial charge on any atom is 0.264 e. The van der Waals surface area contributed by atoms with Gasteiger partial charge in [-0.1, -0.05) is 12.1 Å². The van der Waals surface area contributed by atoms with Gasteiger partial charge < -0.3 is 4.74 Å². The van der Waals surface area contributed by atoms with Gasteiger partial charge in [0.15, 0.2) is 5.78 Å². The summed E-state index contributed by atoms with van der Waals surface area (Å²) in [6.07, 6.45) is 0.172. The van der Waals surface area contributed by atoms with Crippen LogP contribution >= 0.6 is 0 Å². The van der Waals surface area contributed by atoms with E-state index in [1.165, 1.54) is 6.92 Å². The highest BCUT2D eigenvalue weighted by atomic mass is 32.2. The third kappa shape index (κ3) is 4.97. The van der Waals surface area contributed by atoms with E-state index in [0.717, 1.165) is 0 Å². The standard InChI is InChI=1S/C11H14O5S/c1-9(12)10-5-2-3-6-11(10)16-7-4-8-17(13,14)15/h2-3,5-6H,4,7-8H2,1H3,(H,13,14,15). The Kier molecular flexibility index (Phi) is 4.65. The zero-order chi connectivity index (χ0) is 12.9. The summed E-state index contributed by atoms with van der Waals surface area (Å²) in [4.78, 5) is 11.2. The summed E-state index contributed by atoms with van der Waals surface area (Å²) in [6, 6.07) is 6.73. The maximum atomic E-state index is 11.2. The molecule has 0 bridgehead atoms. The van der Waals surface area contributed by atoms with Crippen LogP contribution in [-0.4, -0.2) is 31.1 Å². The molecule has 1 aromatic carbocycles. The number of carbonyl (C=O) groups excluding carboxylic acids is 1. The van der Waals surface area contributed by atoms with Crippen molar-refractivity contribution in [1.29, 1.82) is 0 Å². The van der Waals surface area contributed by atoms with Crippen molar-refractivity contribution < 1.29 is 22.5 Å². The molecule has 0 spiro atoms. The number of rotatable bonds is 6. The van der Waals surface area contributed by atoms with Crippen molar-refractivity contribution in [3.63, 3.8) is 0 Å². The predicted octanol–water partition coefficient (Wildman–Crippen LogP) is 1.55. The van der Waals surface area contributed by atoms with Gasteiger partial charge in [0.1, 0.15) is 5.75 Å². The molecule has 1 N–H and O–H groups in total. The second-order valence-corrected chi connectivity index (χ2v) is 5.11. The molecule has 0 unspecified atom stereocenters. The van der Waals surface area contributed by atoms with Gasteiger partial charge in [0, 0.05) is 0 Å². The highest BCUT2D eigenvalue weighted by Gasteiger charge is 2.08. The molecule has 0 radical (unpaired) electrons. The minimum atomic E-state index is -3.95. The van der Waals surface area contributed by atoms with Crippen molar-refractivity contribution in [3.8, 4) is 5.75 Å². The molecule has 0 aliphatic heterocycles. The molecule has 0 aliphatic rings. The summed E-state index contributed by atoms with van der Waals surface area (Å²) in [5.41, 5.74) is 0.458. The van der Waals surface area contributed by atoms with Crippen LogP contribution in [0.25, 0.3) is 0 Å². The normalized spacial score (nSPS) is 11.2. The number of carbonyl (C=O) groups is 1. The molecule has 0 heterocycles. The molecule has 0 aliphatic carbocycles. The molecule has 6 heteroatoms. The molecule has 94 valence electrons. The van der Waals surface area contributed by atoms with Gasteiger partial charge >= 0.3 is 0 Å². The van der Waals surface area contributed by atoms with E-state index >= 15 is 0 Å². The summed E-state index contributed by atoms with van der Waals surface area (Å²) in [5, 5.41) is 0. The number of ether oxygens (including phenoxy) is 1. The van der Waals surface area contributed by atoms with Gasteiger partial charge in [0.25, 0.3) is 10.1 Å². The van der Waals surface area contributed by atoms with E-state index in [1.54, 1.807) is 24.3 Å². The van der Waals surface area contributed by atoms with Crippen LogP contribution in [0.3, 0.4) is 0 Å². The van der Waals surface area contributed by atoms with E-state index in [2.05, 4.69) is 0 Å². The average molecular weight is 258 g/mol. The second kappa shape index (κ2) is 5.79. The van der Waals surface area contributed by atoms with Crippen molar-refractivity contribution in [2.24, 2.45) is 0 Å². The lowest BCUT2D eigenvalue weighted by molar-refractivity contribution is 0.101. The minimum absolute atomic E-state index is 0.115. The number of benzene rings is 1. The molecular formula is C11H14O5S. The van der Waals surface area contributed by atoms with E-state index in [9.17, 15) is 13.2 Å². The first kappa shape index (κ1) is 13.7. The first-order valence-electron chi connectivity index (χ1n) is 5.08. The zero-order valence-corrected chi connectivity index (χ0v) is 10.2. The Labute approximate surface area is 100 Å². The van der Waals surface area contributed by atoms with E-state index in [0.29, 0.717) is 11.3 Å². The fourth-order valence-corrected chi connectivity index (χ4v) is 1.79. The molecule has 0 fully saturated rings. The fraction of sp³-hybridized carbons (Fsp3) is 0.364.